The molecule has 1 N–H and O–H groups in total. The number of imidazole rings is 1. The van der Waals surface area contributed by atoms with Crippen LogP contribution in [0.1, 0.15) is 0 Å². The Labute approximate surface area is 172 Å². The Morgan fingerprint density at radius 1 is 1.13 bits per heavy atom. The molecule has 5 rings (SSSR count). The molecule has 1 amide bonds. The highest BCUT2D eigenvalue weighted by molar-refractivity contribution is 5.89. The molecule has 0 unspecified atom stereocenters. The molecular formula is C18H15N7O6. The third-order valence-electron chi connectivity index (χ3n) is 4.82. The number of amides is 1. The van der Waals surface area contributed by atoms with Gasteiger partial charge in [0.05, 0.1) is 6.33 Å². The number of benzene rings is 1. The van der Waals surface area contributed by atoms with Crippen LogP contribution in [-0.2, 0) is 25.4 Å². The van der Waals surface area contributed by atoms with Crippen LogP contribution in [0.3, 0.4) is 0 Å². The lowest BCUT2D eigenvalue weighted by atomic mass is 10.2. The van der Waals surface area contributed by atoms with Gasteiger partial charge in [-0.25, -0.2) is 9.78 Å². The summed E-state index contributed by atoms with van der Waals surface area (Å²) in [6.07, 6.45) is 1.32. The van der Waals surface area contributed by atoms with Crippen LogP contribution in [0, 0.1) is 0 Å². The van der Waals surface area contributed by atoms with E-state index in [0.29, 0.717) is 17.1 Å². The third kappa shape index (κ3) is 3.02. The Hall–Kier alpha value is -4.42. The lowest BCUT2D eigenvalue weighted by Crippen LogP contribution is -2.37. The Morgan fingerprint density at radius 3 is 2.77 bits per heavy atom. The number of anilines is 1. The van der Waals surface area contributed by atoms with Crippen LogP contribution >= 0.6 is 0 Å². The zero-order valence-electron chi connectivity index (χ0n) is 16.4. The summed E-state index contributed by atoms with van der Waals surface area (Å²) in [5.74, 6) is 0.846. The SMILES string of the molecule is Cn1c(=O)c2c(ncn2CC(=O)Nc2nnc(-c3ccc4c(c3)OCO4)o2)n(C)c1=O. The van der Waals surface area contributed by atoms with Gasteiger partial charge in [-0.1, -0.05) is 5.10 Å². The molecule has 1 aliphatic heterocycles. The average molecular weight is 425 g/mol. The molecule has 13 nitrogen and oxygen atoms in total. The van der Waals surface area contributed by atoms with Gasteiger partial charge in [0.2, 0.25) is 18.6 Å². The van der Waals surface area contributed by atoms with Crippen molar-refractivity contribution in [2.45, 2.75) is 6.54 Å². The minimum atomic E-state index is -0.550. The molecule has 13 heteroatoms. The second-order valence-electron chi connectivity index (χ2n) is 6.78. The molecule has 0 saturated carbocycles. The highest BCUT2D eigenvalue weighted by Crippen LogP contribution is 2.35. The molecule has 0 aliphatic carbocycles. The zero-order chi connectivity index (χ0) is 21.7. The number of carbonyl (C=O) groups is 1. The first-order chi connectivity index (χ1) is 14.9. The fourth-order valence-corrected chi connectivity index (χ4v) is 3.25. The smallest absolute Gasteiger partial charge is 0.332 e. The largest absolute Gasteiger partial charge is 0.454 e. The van der Waals surface area contributed by atoms with Crippen LogP contribution in [0.25, 0.3) is 22.6 Å². The van der Waals surface area contributed by atoms with Crippen molar-refractivity contribution in [1.82, 2.24) is 28.9 Å². The number of aryl methyl sites for hydroxylation is 1. The molecule has 0 saturated heterocycles. The van der Waals surface area contributed by atoms with Crippen LogP contribution in [0.5, 0.6) is 11.5 Å². The summed E-state index contributed by atoms with van der Waals surface area (Å²) in [5.41, 5.74) is -0.141. The molecule has 0 atom stereocenters. The number of hydrogen-bond acceptors (Lipinski definition) is 9. The normalized spacial score (nSPS) is 12.5. The van der Waals surface area contributed by atoms with Gasteiger partial charge in [0.25, 0.3) is 5.56 Å². The molecular weight excluding hydrogens is 410 g/mol. The van der Waals surface area contributed by atoms with Gasteiger partial charge in [-0.05, 0) is 18.2 Å². The van der Waals surface area contributed by atoms with Crippen molar-refractivity contribution >= 4 is 23.1 Å². The molecule has 4 aromatic rings. The predicted octanol–water partition coefficient (Wildman–Crippen LogP) is -0.149. The van der Waals surface area contributed by atoms with Crippen molar-refractivity contribution < 1.29 is 18.7 Å². The topological polar surface area (TPSA) is 148 Å². The first-order valence-corrected chi connectivity index (χ1v) is 9.06. The molecule has 158 valence electrons. The summed E-state index contributed by atoms with van der Waals surface area (Å²) >= 11 is 0. The molecule has 0 spiro atoms. The molecule has 3 aromatic heterocycles. The average Bonchev–Trinajstić information content (AvgIpc) is 3.49. The minimum Gasteiger partial charge on any atom is -0.454 e. The standard InChI is InChI=1S/C18H15N7O6/c1-23-14-13(16(27)24(2)18(23)28)25(7-19-14)6-12(26)20-17-22-21-15(31-17)9-3-4-10-11(5-9)30-8-29-10/h3-5,7H,6,8H2,1-2H3,(H,20,22,26). The van der Waals surface area contributed by atoms with Gasteiger partial charge in [0.15, 0.2) is 22.7 Å². The van der Waals surface area contributed by atoms with E-state index < -0.39 is 17.2 Å². The zero-order valence-corrected chi connectivity index (χ0v) is 16.4. The maximum atomic E-state index is 12.5. The highest BCUT2D eigenvalue weighted by Gasteiger charge is 2.19. The number of carbonyl (C=O) groups excluding carboxylic acids is 1. The number of rotatable bonds is 4. The van der Waals surface area contributed by atoms with Crippen LogP contribution < -0.4 is 26.0 Å². The lowest BCUT2D eigenvalue weighted by Gasteiger charge is -2.06. The summed E-state index contributed by atoms with van der Waals surface area (Å²) in [6.45, 7) is -0.101. The van der Waals surface area contributed by atoms with Gasteiger partial charge in [0.1, 0.15) is 6.54 Å². The number of aromatic nitrogens is 6. The molecule has 0 fully saturated rings. The second kappa shape index (κ2) is 6.83. The number of hydrogen-bond donors (Lipinski definition) is 1. The quantitative estimate of drug-likeness (QED) is 0.471. The van der Waals surface area contributed by atoms with Crippen molar-refractivity contribution in [2.75, 3.05) is 12.1 Å². The highest BCUT2D eigenvalue weighted by atomic mass is 16.7. The van der Waals surface area contributed by atoms with Gasteiger partial charge in [-0.3, -0.25) is 24.0 Å². The summed E-state index contributed by atoms with van der Waals surface area (Å²) in [5, 5.41) is 10.2. The van der Waals surface area contributed by atoms with E-state index in [1.165, 1.54) is 29.6 Å². The van der Waals surface area contributed by atoms with Crippen LogP contribution in [0.4, 0.5) is 6.01 Å². The van der Waals surface area contributed by atoms with Crippen molar-refractivity contribution in [2.24, 2.45) is 14.1 Å². The van der Waals surface area contributed by atoms with Gasteiger partial charge in [0, 0.05) is 19.7 Å². The maximum Gasteiger partial charge on any atom is 0.332 e. The van der Waals surface area contributed by atoms with Crippen molar-refractivity contribution in [3.63, 3.8) is 0 Å². The van der Waals surface area contributed by atoms with Crippen molar-refractivity contribution in [3.8, 4) is 23.0 Å². The van der Waals surface area contributed by atoms with Crippen LogP contribution in [0.15, 0.2) is 38.5 Å². The monoisotopic (exact) mass is 425 g/mol. The first kappa shape index (κ1) is 18.6. The van der Waals surface area contributed by atoms with Crippen molar-refractivity contribution in [3.05, 3.63) is 45.4 Å². The number of nitrogens with one attached hydrogen (secondary N) is 1. The fraction of sp³-hybridized carbons (Fsp3) is 0.222. The molecule has 4 heterocycles. The van der Waals surface area contributed by atoms with E-state index in [1.54, 1.807) is 18.2 Å². The van der Waals surface area contributed by atoms with E-state index >= 15 is 0 Å². The van der Waals surface area contributed by atoms with E-state index in [4.69, 9.17) is 13.9 Å². The third-order valence-corrected chi connectivity index (χ3v) is 4.82. The summed E-state index contributed by atoms with van der Waals surface area (Å²) in [4.78, 5) is 41.0. The van der Waals surface area contributed by atoms with Crippen LogP contribution in [0.2, 0.25) is 0 Å². The Bertz CT molecular complexity index is 1460. The van der Waals surface area contributed by atoms with Crippen molar-refractivity contribution in [1.29, 1.82) is 0 Å². The van der Waals surface area contributed by atoms with E-state index in [-0.39, 0.29) is 36.4 Å². The number of fused-ring (bicyclic) bond motifs is 2. The van der Waals surface area contributed by atoms with Gasteiger partial charge in [-0.15, -0.1) is 5.10 Å². The van der Waals surface area contributed by atoms with E-state index in [1.807, 2.05) is 0 Å². The summed E-state index contributed by atoms with van der Waals surface area (Å²) in [6, 6.07) is 5.03. The molecule has 0 bridgehead atoms. The van der Waals surface area contributed by atoms with E-state index in [2.05, 4.69) is 20.5 Å². The minimum absolute atomic E-state index is 0.109. The second-order valence-corrected chi connectivity index (χ2v) is 6.78. The molecule has 0 radical (unpaired) electrons. The van der Waals surface area contributed by atoms with Crippen LogP contribution in [-0.4, -0.2) is 41.6 Å². The van der Waals surface area contributed by atoms with Gasteiger partial charge in [-0.2, -0.15) is 0 Å². The molecule has 31 heavy (non-hydrogen) atoms. The Morgan fingerprint density at radius 2 is 1.94 bits per heavy atom. The maximum absolute atomic E-state index is 12.5. The summed E-state index contributed by atoms with van der Waals surface area (Å²) in [7, 11) is 2.86. The molecule has 1 aromatic carbocycles. The number of nitrogens with zero attached hydrogens (tertiary/aromatic N) is 6. The van der Waals surface area contributed by atoms with Gasteiger partial charge >= 0.3 is 11.7 Å². The van der Waals surface area contributed by atoms with E-state index in [9.17, 15) is 14.4 Å². The Kier molecular flexibility index (Phi) is 4.10. The Balaban J connectivity index is 1.36. The van der Waals surface area contributed by atoms with Gasteiger partial charge < -0.3 is 18.5 Å². The summed E-state index contributed by atoms with van der Waals surface area (Å²) < 4.78 is 19.6. The fourth-order valence-electron chi connectivity index (χ4n) is 3.25. The first-order valence-electron chi connectivity index (χ1n) is 9.06. The number of ether oxygens (including phenoxy) is 2. The molecule has 1 aliphatic rings. The lowest BCUT2D eigenvalue weighted by molar-refractivity contribution is -0.116. The van der Waals surface area contributed by atoms with E-state index in [0.717, 1.165) is 4.57 Å². The predicted molar refractivity (Wildman–Crippen MR) is 105 cm³/mol.